The van der Waals surface area contributed by atoms with E-state index in [9.17, 15) is 4.39 Å². The molecule has 0 aliphatic carbocycles. The highest BCUT2D eigenvalue weighted by atomic mass is 32.2. The second kappa shape index (κ2) is 6.85. The van der Waals surface area contributed by atoms with Gasteiger partial charge in [-0.2, -0.15) is 11.8 Å². The average molecular weight is 213 g/mol. The molecule has 78 valence electrons. The maximum atomic E-state index is 13.1. The van der Waals surface area contributed by atoms with Crippen LogP contribution in [0.25, 0.3) is 0 Å². The predicted octanol–water partition coefficient (Wildman–Crippen LogP) is 2.67. The van der Waals surface area contributed by atoms with Crippen LogP contribution in [0.3, 0.4) is 0 Å². The van der Waals surface area contributed by atoms with E-state index in [1.165, 1.54) is 6.07 Å². The molecule has 0 bridgehead atoms. The average Bonchev–Trinajstić information content (AvgIpc) is 2.20. The number of benzene rings is 1. The molecule has 0 aliphatic heterocycles. The second-order valence-corrected chi connectivity index (χ2v) is 4.36. The highest BCUT2D eigenvalue weighted by molar-refractivity contribution is 7.99. The van der Waals surface area contributed by atoms with Gasteiger partial charge in [0, 0.05) is 24.4 Å². The zero-order chi connectivity index (χ0) is 10.2. The quantitative estimate of drug-likeness (QED) is 0.729. The smallest absolute Gasteiger partial charge is 0.127 e. The molecule has 3 heteroatoms. The van der Waals surface area contributed by atoms with Gasteiger partial charge in [0.15, 0.2) is 0 Å². The van der Waals surface area contributed by atoms with Crippen molar-refractivity contribution in [2.45, 2.75) is 13.5 Å². The van der Waals surface area contributed by atoms with Crippen LogP contribution in [0.1, 0.15) is 12.5 Å². The molecule has 0 aliphatic rings. The minimum Gasteiger partial charge on any atom is -0.312 e. The third-order valence-electron chi connectivity index (χ3n) is 1.90. The van der Waals surface area contributed by atoms with Crippen molar-refractivity contribution < 1.29 is 4.39 Å². The predicted molar refractivity (Wildman–Crippen MR) is 61.1 cm³/mol. The van der Waals surface area contributed by atoms with Crippen molar-refractivity contribution in [2.75, 3.05) is 18.1 Å². The summed E-state index contributed by atoms with van der Waals surface area (Å²) in [5.74, 6) is 2.11. The molecule has 1 N–H and O–H groups in total. The molecule has 1 aromatic carbocycles. The minimum atomic E-state index is -0.122. The number of rotatable bonds is 6. The zero-order valence-corrected chi connectivity index (χ0v) is 9.24. The molecule has 14 heavy (non-hydrogen) atoms. The van der Waals surface area contributed by atoms with Crippen LogP contribution >= 0.6 is 11.8 Å². The lowest BCUT2D eigenvalue weighted by Gasteiger charge is -2.04. The van der Waals surface area contributed by atoms with Gasteiger partial charge in [-0.3, -0.25) is 0 Å². The van der Waals surface area contributed by atoms with E-state index in [0.717, 1.165) is 23.6 Å². The molecule has 1 rings (SSSR count). The third-order valence-corrected chi connectivity index (χ3v) is 2.80. The maximum Gasteiger partial charge on any atom is 0.127 e. The summed E-state index contributed by atoms with van der Waals surface area (Å²) in [6.07, 6.45) is 0. The van der Waals surface area contributed by atoms with Crippen LogP contribution < -0.4 is 5.32 Å². The van der Waals surface area contributed by atoms with Gasteiger partial charge >= 0.3 is 0 Å². The summed E-state index contributed by atoms with van der Waals surface area (Å²) in [6.45, 7) is 3.70. The van der Waals surface area contributed by atoms with E-state index in [2.05, 4.69) is 12.2 Å². The molecule has 0 heterocycles. The van der Waals surface area contributed by atoms with Crippen LogP contribution in [0.2, 0.25) is 0 Å². The fraction of sp³-hybridized carbons (Fsp3) is 0.455. The fourth-order valence-electron chi connectivity index (χ4n) is 1.15. The van der Waals surface area contributed by atoms with Crippen molar-refractivity contribution in [3.05, 3.63) is 35.6 Å². The normalized spacial score (nSPS) is 10.4. The summed E-state index contributed by atoms with van der Waals surface area (Å²) in [5.41, 5.74) is 0.744. The summed E-state index contributed by atoms with van der Waals surface area (Å²) in [7, 11) is 0. The molecule has 0 atom stereocenters. The highest BCUT2D eigenvalue weighted by Crippen LogP contribution is 2.05. The molecule has 0 radical (unpaired) electrons. The maximum absolute atomic E-state index is 13.1. The van der Waals surface area contributed by atoms with Crippen LogP contribution in [0.5, 0.6) is 0 Å². The van der Waals surface area contributed by atoms with Crippen LogP contribution in [-0.2, 0) is 6.54 Å². The Morgan fingerprint density at radius 1 is 1.36 bits per heavy atom. The van der Waals surface area contributed by atoms with Crippen LogP contribution in [0, 0.1) is 5.82 Å². The van der Waals surface area contributed by atoms with E-state index >= 15 is 0 Å². The van der Waals surface area contributed by atoms with Gasteiger partial charge < -0.3 is 5.32 Å². The van der Waals surface area contributed by atoms with Gasteiger partial charge in [0.2, 0.25) is 0 Å². The van der Waals surface area contributed by atoms with E-state index in [4.69, 9.17) is 0 Å². The number of halogens is 1. The van der Waals surface area contributed by atoms with Gasteiger partial charge in [0.1, 0.15) is 5.82 Å². The van der Waals surface area contributed by atoms with E-state index < -0.39 is 0 Å². The Morgan fingerprint density at radius 3 is 2.86 bits per heavy atom. The largest absolute Gasteiger partial charge is 0.312 e. The number of hydrogen-bond acceptors (Lipinski definition) is 2. The zero-order valence-electron chi connectivity index (χ0n) is 8.42. The standard InChI is InChI=1S/C11H16FNS/c1-2-14-8-7-13-9-10-5-3-4-6-11(10)12/h3-6,13H,2,7-9H2,1H3. The van der Waals surface area contributed by atoms with E-state index in [0.29, 0.717) is 6.54 Å². The van der Waals surface area contributed by atoms with Gasteiger partial charge in [0.05, 0.1) is 0 Å². The Labute approximate surface area is 89.1 Å². The molecule has 0 aromatic heterocycles. The first-order chi connectivity index (χ1) is 6.84. The topological polar surface area (TPSA) is 12.0 Å². The number of thioether (sulfide) groups is 1. The van der Waals surface area contributed by atoms with Crippen LogP contribution in [-0.4, -0.2) is 18.1 Å². The Hall–Kier alpha value is -0.540. The van der Waals surface area contributed by atoms with Crippen molar-refractivity contribution >= 4 is 11.8 Å². The van der Waals surface area contributed by atoms with Crippen LogP contribution in [0.4, 0.5) is 4.39 Å². The van der Waals surface area contributed by atoms with E-state index in [1.54, 1.807) is 6.07 Å². The molecular weight excluding hydrogens is 197 g/mol. The van der Waals surface area contributed by atoms with Crippen molar-refractivity contribution in [3.8, 4) is 0 Å². The first-order valence-corrected chi connectivity index (χ1v) is 6.02. The van der Waals surface area contributed by atoms with Gasteiger partial charge in [0.25, 0.3) is 0 Å². The van der Waals surface area contributed by atoms with Gasteiger partial charge in [-0.1, -0.05) is 25.1 Å². The first-order valence-electron chi connectivity index (χ1n) is 4.86. The van der Waals surface area contributed by atoms with E-state index in [-0.39, 0.29) is 5.82 Å². The lowest BCUT2D eigenvalue weighted by molar-refractivity contribution is 0.594. The lowest BCUT2D eigenvalue weighted by Crippen LogP contribution is -2.17. The first kappa shape index (κ1) is 11.5. The molecule has 0 unspecified atom stereocenters. The number of nitrogens with one attached hydrogen (secondary N) is 1. The Bertz CT molecular complexity index is 265. The summed E-state index contributed by atoms with van der Waals surface area (Å²) in [4.78, 5) is 0. The summed E-state index contributed by atoms with van der Waals surface area (Å²) in [5, 5.41) is 3.22. The molecule has 1 nitrogen and oxygen atoms in total. The Morgan fingerprint density at radius 2 is 2.14 bits per heavy atom. The fourth-order valence-corrected chi connectivity index (χ4v) is 1.73. The van der Waals surface area contributed by atoms with Crippen LogP contribution in [0.15, 0.2) is 24.3 Å². The second-order valence-electron chi connectivity index (χ2n) is 2.97. The molecule has 0 spiro atoms. The lowest BCUT2D eigenvalue weighted by atomic mass is 10.2. The van der Waals surface area contributed by atoms with E-state index in [1.807, 2.05) is 23.9 Å². The van der Waals surface area contributed by atoms with Crippen molar-refractivity contribution in [2.24, 2.45) is 0 Å². The SMILES string of the molecule is CCSCCNCc1ccccc1F. The molecule has 0 amide bonds. The summed E-state index contributed by atoms with van der Waals surface area (Å²) >= 11 is 1.89. The summed E-state index contributed by atoms with van der Waals surface area (Å²) < 4.78 is 13.1. The molecule has 1 aromatic rings. The van der Waals surface area contributed by atoms with Crippen molar-refractivity contribution in [1.82, 2.24) is 5.32 Å². The highest BCUT2D eigenvalue weighted by Gasteiger charge is 1.98. The van der Waals surface area contributed by atoms with Gasteiger partial charge in [-0.15, -0.1) is 0 Å². The molecule has 0 saturated heterocycles. The molecule has 0 fully saturated rings. The monoisotopic (exact) mass is 213 g/mol. The minimum absolute atomic E-state index is 0.122. The third kappa shape index (κ3) is 4.11. The molecule has 0 saturated carbocycles. The Balaban J connectivity index is 2.21. The Kier molecular flexibility index (Phi) is 5.64. The van der Waals surface area contributed by atoms with Crippen molar-refractivity contribution in [3.63, 3.8) is 0 Å². The van der Waals surface area contributed by atoms with Gasteiger partial charge in [-0.25, -0.2) is 4.39 Å². The molecular formula is C11H16FNS. The van der Waals surface area contributed by atoms with Gasteiger partial charge in [-0.05, 0) is 11.8 Å². The summed E-state index contributed by atoms with van der Waals surface area (Å²) in [6, 6.07) is 6.89. The van der Waals surface area contributed by atoms with Crippen molar-refractivity contribution in [1.29, 1.82) is 0 Å². The number of hydrogen-bond donors (Lipinski definition) is 1.